The van der Waals surface area contributed by atoms with Gasteiger partial charge < -0.3 is 20.2 Å². The van der Waals surface area contributed by atoms with Crippen molar-refractivity contribution in [3.05, 3.63) is 35.9 Å². The standard InChI is InChI=1S/C20H30N2O4/c1-5-15(4)18(12-23)21-19(24)17(11-14(2)3)22-20(25)26-13-16-9-7-6-8-10-16/h6-10,12,14-15,17-18H,5,11,13H2,1-4H3,(H,21,24)(H,22,25)/t15-,17-,18?/m0/s1. The number of nitrogens with one attached hydrogen (secondary N) is 2. The summed E-state index contributed by atoms with van der Waals surface area (Å²) in [5.74, 6) is -0.146. The first-order chi connectivity index (χ1) is 12.4. The highest BCUT2D eigenvalue weighted by molar-refractivity contribution is 5.87. The van der Waals surface area contributed by atoms with Crippen molar-refractivity contribution < 1.29 is 19.1 Å². The Labute approximate surface area is 155 Å². The third kappa shape index (κ3) is 7.68. The molecule has 6 heteroatoms. The molecular formula is C20H30N2O4. The molecule has 2 amide bonds. The van der Waals surface area contributed by atoms with E-state index in [-0.39, 0.29) is 24.3 Å². The molecule has 2 N–H and O–H groups in total. The Morgan fingerprint density at radius 1 is 1.12 bits per heavy atom. The number of hydrogen-bond donors (Lipinski definition) is 2. The van der Waals surface area contributed by atoms with Gasteiger partial charge in [-0.15, -0.1) is 0 Å². The van der Waals surface area contributed by atoms with Crippen LogP contribution in [0.1, 0.15) is 46.1 Å². The molecule has 0 aromatic heterocycles. The molecule has 1 aromatic carbocycles. The third-order valence-corrected chi connectivity index (χ3v) is 4.24. The molecule has 1 rings (SSSR count). The molecule has 0 fully saturated rings. The predicted octanol–water partition coefficient (Wildman–Crippen LogP) is 3.06. The minimum absolute atomic E-state index is 0.0289. The van der Waals surface area contributed by atoms with Crippen molar-refractivity contribution in [2.75, 3.05) is 0 Å². The van der Waals surface area contributed by atoms with E-state index in [1.165, 1.54) is 0 Å². The van der Waals surface area contributed by atoms with Crippen molar-refractivity contribution in [1.82, 2.24) is 10.6 Å². The lowest BCUT2D eigenvalue weighted by Crippen LogP contribution is -2.52. The maximum Gasteiger partial charge on any atom is 0.408 e. The molecule has 1 unspecified atom stereocenters. The first-order valence-electron chi connectivity index (χ1n) is 9.10. The molecule has 144 valence electrons. The summed E-state index contributed by atoms with van der Waals surface area (Å²) in [4.78, 5) is 35.9. The molecule has 6 nitrogen and oxygen atoms in total. The Hall–Kier alpha value is -2.37. The quantitative estimate of drug-likeness (QED) is 0.627. The summed E-state index contributed by atoms with van der Waals surface area (Å²) in [6, 6.07) is 8.00. The van der Waals surface area contributed by atoms with Crippen LogP contribution in [0.5, 0.6) is 0 Å². The van der Waals surface area contributed by atoms with E-state index in [4.69, 9.17) is 4.74 Å². The van der Waals surface area contributed by atoms with Crippen LogP contribution in [0.4, 0.5) is 4.79 Å². The number of hydrogen-bond acceptors (Lipinski definition) is 4. The second-order valence-corrected chi connectivity index (χ2v) is 6.94. The minimum Gasteiger partial charge on any atom is -0.445 e. The number of rotatable bonds is 10. The van der Waals surface area contributed by atoms with Gasteiger partial charge in [-0.25, -0.2) is 4.79 Å². The van der Waals surface area contributed by atoms with Crippen LogP contribution in [0.3, 0.4) is 0 Å². The summed E-state index contributed by atoms with van der Waals surface area (Å²) in [5.41, 5.74) is 0.866. The number of benzene rings is 1. The van der Waals surface area contributed by atoms with E-state index < -0.39 is 18.2 Å². The smallest absolute Gasteiger partial charge is 0.408 e. The zero-order chi connectivity index (χ0) is 19.5. The summed E-state index contributed by atoms with van der Waals surface area (Å²) < 4.78 is 5.19. The number of aldehydes is 1. The Morgan fingerprint density at radius 3 is 2.31 bits per heavy atom. The Kier molecular flexibility index (Phi) is 9.41. The highest BCUT2D eigenvalue weighted by Crippen LogP contribution is 2.09. The second kappa shape index (κ2) is 11.3. The summed E-state index contributed by atoms with van der Waals surface area (Å²) in [5, 5.41) is 5.34. The van der Waals surface area contributed by atoms with Crippen LogP contribution in [-0.2, 0) is 20.9 Å². The molecule has 0 aliphatic heterocycles. The molecule has 26 heavy (non-hydrogen) atoms. The second-order valence-electron chi connectivity index (χ2n) is 6.94. The maximum absolute atomic E-state index is 12.5. The van der Waals surface area contributed by atoms with E-state index in [0.717, 1.165) is 18.3 Å². The van der Waals surface area contributed by atoms with Gasteiger partial charge in [0.1, 0.15) is 18.9 Å². The molecule has 1 aromatic rings. The van der Waals surface area contributed by atoms with Gasteiger partial charge in [0.25, 0.3) is 0 Å². The number of alkyl carbamates (subject to hydrolysis) is 1. The van der Waals surface area contributed by atoms with E-state index in [2.05, 4.69) is 10.6 Å². The van der Waals surface area contributed by atoms with E-state index in [1.807, 2.05) is 58.0 Å². The molecule has 0 heterocycles. The average Bonchev–Trinajstić information content (AvgIpc) is 2.63. The zero-order valence-electron chi connectivity index (χ0n) is 16.0. The fraction of sp³-hybridized carbons (Fsp3) is 0.550. The van der Waals surface area contributed by atoms with Crippen LogP contribution >= 0.6 is 0 Å². The number of ether oxygens (including phenoxy) is 1. The van der Waals surface area contributed by atoms with Crippen molar-refractivity contribution in [1.29, 1.82) is 0 Å². The lowest BCUT2D eigenvalue weighted by atomic mass is 9.98. The Balaban J connectivity index is 2.65. The van der Waals surface area contributed by atoms with Gasteiger partial charge in [0.05, 0.1) is 6.04 Å². The van der Waals surface area contributed by atoms with Gasteiger partial charge in [-0.3, -0.25) is 4.79 Å². The molecular weight excluding hydrogens is 332 g/mol. The van der Waals surface area contributed by atoms with Crippen molar-refractivity contribution in [3.8, 4) is 0 Å². The fourth-order valence-electron chi connectivity index (χ4n) is 2.44. The summed E-state index contributed by atoms with van der Waals surface area (Å²) in [6.45, 7) is 7.91. The Morgan fingerprint density at radius 2 is 1.77 bits per heavy atom. The molecule has 0 saturated carbocycles. The topological polar surface area (TPSA) is 84.5 Å². The van der Waals surface area contributed by atoms with Gasteiger partial charge in [-0.1, -0.05) is 64.4 Å². The van der Waals surface area contributed by atoms with Crippen LogP contribution in [0.2, 0.25) is 0 Å². The highest BCUT2D eigenvalue weighted by atomic mass is 16.5. The van der Waals surface area contributed by atoms with Crippen LogP contribution < -0.4 is 10.6 Å². The zero-order valence-corrected chi connectivity index (χ0v) is 16.0. The van der Waals surface area contributed by atoms with Crippen LogP contribution in [-0.4, -0.2) is 30.4 Å². The van der Waals surface area contributed by atoms with Gasteiger partial charge in [0.2, 0.25) is 5.91 Å². The van der Waals surface area contributed by atoms with Gasteiger partial charge in [0, 0.05) is 0 Å². The summed E-state index contributed by atoms with van der Waals surface area (Å²) in [7, 11) is 0. The SMILES string of the molecule is CC[C@H](C)C(C=O)NC(=O)[C@H](CC(C)C)NC(=O)OCc1ccccc1. The van der Waals surface area contributed by atoms with Crippen LogP contribution in [0.15, 0.2) is 30.3 Å². The highest BCUT2D eigenvalue weighted by Gasteiger charge is 2.26. The van der Waals surface area contributed by atoms with Crippen LogP contribution in [0, 0.1) is 11.8 Å². The molecule has 0 radical (unpaired) electrons. The lowest BCUT2D eigenvalue weighted by molar-refractivity contribution is -0.126. The molecule has 0 bridgehead atoms. The van der Waals surface area contributed by atoms with Crippen molar-refractivity contribution in [2.45, 2.75) is 59.2 Å². The third-order valence-electron chi connectivity index (χ3n) is 4.24. The lowest BCUT2D eigenvalue weighted by Gasteiger charge is -2.24. The van der Waals surface area contributed by atoms with Crippen molar-refractivity contribution >= 4 is 18.3 Å². The van der Waals surface area contributed by atoms with E-state index in [0.29, 0.717) is 6.42 Å². The average molecular weight is 362 g/mol. The molecule has 0 spiro atoms. The number of carbonyl (C=O) groups is 3. The summed E-state index contributed by atoms with van der Waals surface area (Å²) in [6.07, 6.45) is 1.32. The van der Waals surface area contributed by atoms with E-state index in [1.54, 1.807) is 0 Å². The van der Waals surface area contributed by atoms with Gasteiger partial charge in [0.15, 0.2) is 0 Å². The first kappa shape index (κ1) is 21.7. The Bertz CT molecular complexity index is 574. The fourth-order valence-corrected chi connectivity index (χ4v) is 2.44. The maximum atomic E-state index is 12.5. The van der Waals surface area contributed by atoms with Crippen LogP contribution in [0.25, 0.3) is 0 Å². The molecule has 0 aliphatic rings. The minimum atomic E-state index is -0.746. The van der Waals surface area contributed by atoms with Gasteiger partial charge in [-0.05, 0) is 23.8 Å². The molecule has 3 atom stereocenters. The van der Waals surface area contributed by atoms with E-state index in [9.17, 15) is 14.4 Å². The number of carbonyl (C=O) groups excluding carboxylic acids is 3. The predicted molar refractivity (Wildman–Crippen MR) is 100 cm³/mol. The van der Waals surface area contributed by atoms with Crippen molar-refractivity contribution in [3.63, 3.8) is 0 Å². The summed E-state index contributed by atoms with van der Waals surface area (Å²) >= 11 is 0. The first-order valence-corrected chi connectivity index (χ1v) is 9.10. The largest absolute Gasteiger partial charge is 0.445 e. The van der Waals surface area contributed by atoms with E-state index >= 15 is 0 Å². The number of amides is 2. The normalized spacial score (nSPS) is 14.2. The monoisotopic (exact) mass is 362 g/mol. The van der Waals surface area contributed by atoms with Gasteiger partial charge >= 0.3 is 6.09 Å². The molecule has 0 aliphatic carbocycles. The molecule has 0 saturated heterocycles. The van der Waals surface area contributed by atoms with Gasteiger partial charge in [-0.2, -0.15) is 0 Å². The van der Waals surface area contributed by atoms with Crippen molar-refractivity contribution in [2.24, 2.45) is 11.8 Å².